The molecule has 0 aromatic rings. The molecular weight excluding hydrogens is 120 g/mol. The molecule has 0 saturated heterocycles. The summed E-state index contributed by atoms with van der Waals surface area (Å²) in [6.45, 7) is 0. The first-order chi connectivity index (χ1) is 4.95. The zero-order valence-corrected chi connectivity index (χ0v) is 6.09. The first kappa shape index (κ1) is 4.58. The van der Waals surface area contributed by atoms with E-state index in [1.165, 1.54) is 12.3 Å². The van der Waals surface area contributed by atoms with Crippen molar-refractivity contribution < 1.29 is 0 Å². The molecule has 10 heavy (non-hydrogen) atoms. The summed E-state index contributed by atoms with van der Waals surface area (Å²) in [6, 6.07) is 0. The summed E-state index contributed by atoms with van der Waals surface area (Å²) in [5, 5.41) is 0. The van der Waals surface area contributed by atoms with Gasteiger partial charge in [-0.2, -0.15) is 0 Å². The second-order valence-electron chi connectivity index (χ2n) is 4.63. The van der Waals surface area contributed by atoms with Gasteiger partial charge in [-0.25, -0.2) is 0 Å². The maximum absolute atomic E-state index is 2.57. The molecule has 5 atom stereocenters. The Kier molecular flexibility index (Phi) is 0.508. The standard InChI is InChI=1S/C10H12/c1-2-7-9-4-5-3-8(9)6(1)10(5)7/h1,5,7-10H,2-4H2. The number of rotatable bonds is 0. The van der Waals surface area contributed by atoms with Crippen LogP contribution in [-0.2, 0) is 0 Å². The van der Waals surface area contributed by atoms with Crippen molar-refractivity contribution >= 4 is 0 Å². The fourth-order valence-electron chi connectivity index (χ4n) is 4.52. The van der Waals surface area contributed by atoms with Crippen molar-refractivity contribution in [1.82, 2.24) is 0 Å². The van der Waals surface area contributed by atoms with Gasteiger partial charge >= 0.3 is 0 Å². The molecule has 0 heterocycles. The molecular formula is C10H12. The van der Waals surface area contributed by atoms with Crippen molar-refractivity contribution in [2.45, 2.75) is 19.3 Å². The van der Waals surface area contributed by atoms with Gasteiger partial charge in [0.2, 0.25) is 0 Å². The van der Waals surface area contributed by atoms with Gasteiger partial charge < -0.3 is 0 Å². The average molecular weight is 132 g/mol. The highest BCUT2D eigenvalue weighted by Gasteiger charge is 2.63. The molecule has 0 radical (unpaired) electrons. The lowest BCUT2D eigenvalue weighted by molar-refractivity contribution is 0.319. The molecule has 0 aromatic heterocycles. The molecule has 5 unspecified atom stereocenters. The Morgan fingerprint density at radius 3 is 2.80 bits per heavy atom. The van der Waals surface area contributed by atoms with E-state index >= 15 is 0 Å². The summed E-state index contributed by atoms with van der Waals surface area (Å²) in [5.41, 5.74) is 1.91. The molecule has 0 N–H and O–H groups in total. The zero-order valence-electron chi connectivity index (χ0n) is 6.09. The van der Waals surface area contributed by atoms with Gasteiger partial charge in [0.15, 0.2) is 0 Å². The summed E-state index contributed by atoms with van der Waals surface area (Å²) in [4.78, 5) is 0. The highest BCUT2D eigenvalue weighted by Crippen LogP contribution is 2.72. The molecule has 4 saturated carbocycles. The van der Waals surface area contributed by atoms with Gasteiger partial charge in [0.25, 0.3) is 0 Å². The first-order valence-corrected chi connectivity index (χ1v) is 4.65. The quantitative estimate of drug-likeness (QED) is 0.443. The monoisotopic (exact) mass is 132 g/mol. The fraction of sp³-hybridized carbons (Fsp3) is 0.800. The molecule has 0 spiro atoms. The van der Waals surface area contributed by atoms with Gasteiger partial charge in [0, 0.05) is 0 Å². The van der Waals surface area contributed by atoms with E-state index in [0.717, 1.165) is 23.7 Å². The molecule has 0 aliphatic heterocycles. The maximum Gasteiger partial charge on any atom is -0.0137 e. The van der Waals surface area contributed by atoms with Crippen LogP contribution in [-0.4, -0.2) is 0 Å². The van der Waals surface area contributed by atoms with Crippen LogP contribution in [0, 0.1) is 29.6 Å². The highest BCUT2D eigenvalue weighted by atomic mass is 14.7. The molecule has 5 aliphatic rings. The van der Waals surface area contributed by atoms with Crippen molar-refractivity contribution in [1.29, 1.82) is 0 Å². The Labute approximate surface area is 61.3 Å². The Bertz CT molecular complexity index is 238. The summed E-state index contributed by atoms with van der Waals surface area (Å²) >= 11 is 0. The van der Waals surface area contributed by atoms with Crippen molar-refractivity contribution in [2.24, 2.45) is 29.6 Å². The first-order valence-electron chi connectivity index (χ1n) is 4.65. The number of allylic oxidation sites excluding steroid dienone is 2. The van der Waals surface area contributed by atoms with Crippen LogP contribution in [0.5, 0.6) is 0 Å². The molecule has 5 rings (SSSR count). The lowest BCUT2D eigenvalue weighted by Crippen LogP contribution is -2.12. The maximum atomic E-state index is 2.57. The minimum Gasteiger partial charge on any atom is -0.0844 e. The van der Waals surface area contributed by atoms with E-state index in [1.54, 1.807) is 12.8 Å². The van der Waals surface area contributed by atoms with Gasteiger partial charge in [-0.05, 0) is 48.9 Å². The largest absolute Gasteiger partial charge is 0.0844 e. The van der Waals surface area contributed by atoms with Crippen molar-refractivity contribution in [3.05, 3.63) is 11.6 Å². The minimum atomic E-state index is 1.11. The van der Waals surface area contributed by atoms with Gasteiger partial charge in [0.05, 0.1) is 0 Å². The zero-order chi connectivity index (χ0) is 6.29. The molecule has 0 heteroatoms. The molecule has 0 amide bonds. The third-order valence-electron chi connectivity index (χ3n) is 4.61. The van der Waals surface area contributed by atoms with Crippen LogP contribution in [0.25, 0.3) is 0 Å². The summed E-state index contributed by atoms with van der Waals surface area (Å²) < 4.78 is 0. The summed E-state index contributed by atoms with van der Waals surface area (Å²) in [6.07, 6.45) is 7.21. The second-order valence-corrected chi connectivity index (χ2v) is 4.63. The third kappa shape index (κ3) is 0.260. The molecule has 0 aromatic carbocycles. The minimum absolute atomic E-state index is 1.11. The van der Waals surface area contributed by atoms with Crippen LogP contribution < -0.4 is 0 Å². The summed E-state index contributed by atoms with van der Waals surface area (Å²) in [7, 11) is 0. The molecule has 4 fully saturated rings. The van der Waals surface area contributed by atoms with Crippen LogP contribution in [0.2, 0.25) is 0 Å². The van der Waals surface area contributed by atoms with E-state index in [-0.39, 0.29) is 0 Å². The number of hydrogen-bond donors (Lipinski definition) is 0. The number of hydrogen-bond acceptors (Lipinski definition) is 0. The molecule has 5 aliphatic carbocycles. The Hall–Kier alpha value is -0.260. The lowest BCUT2D eigenvalue weighted by Gasteiger charge is -2.19. The SMILES string of the molecule is C1=C2C3CC4CC3C(C1)C24. The van der Waals surface area contributed by atoms with Gasteiger partial charge in [-0.3, -0.25) is 0 Å². The van der Waals surface area contributed by atoms with Crippen LogP contribution in [0.4, 0.5) is 0 Å². The van der Waals surface area contributed by atoms with Crippen LogP contribution in [0.3, 0.4) is 0 Å². The predicted octanol–water partition coefficient (Wildman–Crippen LogP) is 2.22. The lowest BCUT2D eigenvalue weighted by atomic mass is 9.86. The predicted molar refractivity (Wildman–Crippen MR) is 39.4 cm³/mol. The van der Waals surface area contributed by atoms with Crippen LogP contribution >= 0.6 is 0 Å². The molecule has 52 valence electrons. The van der Waals surface area contributed by atoms with Gasteiger partial charge in [-0.1, -0.05) is 11.6 Å². The Morgan fingerprint density at radius 1 is 1.20 bits per heavy atom. The fourth-order valence-corrected chi connectivity index (χ4v) is 4.52. The Morgan fingerprint density at radius 2 is 2.20 bits per heavy atom. The van der Waals surface area contributed by atoms with E-state index < -0.39 is 0 Å². The van der Waals surface area contributed by atoms with E-state index in [2.05, 4.69) is 6.08 Å². The topological polar surface area (TPSA) is 0 Å². The van der Waals surface area contributed by atoms with E-state index in [0.29, 0.717) is 0 Å². The van der Waals surface area contributed by atoms with Crippen molar-refractivity contribution in [3.8, 4) is 0 Å². The van der Waals surface area contributed by atoms with Crippen molar-refractivity contribution in [3.63, 3.8) is 0 Å². The van der Waals surface area contributed by atoms with E-state index in [4.69, 9.17) is 0 Å². The van der Waals surface area contributed by atoms with Crippen molar-refractivity contribution in [2.75, 3.05) is 0 Å². The van der Waals surface area contributed by atoms with Crippen LogP contribution in [0.15, 0.2) is 11.6 Å². The smallest absolute Gasteiger partial charge is 0.0137 e. The average Bonchev–Trinajstić information content (AvgIpc) is 2.64. The van der Waals surface area contributed by atoms with E-state index in [1.807, 2.05) is 5.57 Å². The van der Waals surface area contributed by atoms with Gasteiger partial charge in [0.1, 0.15) is 0 Å². The normalized spacial score (nSPS) is 66.4. The second kappa shape index (κ2) is 1.11. The van der Waals surface area contributed by atoms with Gasteiger partial charge in [-0.15, -0.1) is 0 Å². The molecule has 0 nitrogen and oxygen atoms in total. The molecule has 6 bridgehead atoms. The van der Waals surface area contributed by atoms with Crippen LogP contribution in [0.1, 0.15) is 19.3 Å². The highest BCUT2D eigenvalue weighted by molar-refractivity contribution is 5.36. The third-order valence-corrected chi connectivity index (χ3v) is 4.61. The Balaban J connectivity index is 2.07. The summed E-state index contributed by atoms with van der Waals surface area (Å²) in [5.74, 6) is 5.71. The van der Waals surface area contributed by atoms with E-state index in [9.17, 15) is 0 Å².